The van der Waals surface area contributed by atoms with Crippen LogP contribution in [0.25, 0.3) is 0 Å². The molecule has 17 heavy (non-hydrogen) atoms. The number of halogens is 1. The van der Waals surface area contributed by atoms with Gasteiger partial charge in [-0.15, -0.1) is 0 Å². The van der Waals surface area contributed by atoms with Crippen molar-refractivity contribution in [2.24, 2.45) is 0 Å². The molecule has 0 radical (unpaired) electrons. The number of hydrogen-bond acceptors (Lipinski definition) is 5. The fourth-order valence-corrected chi connectivity index (χ4v) is 2.17. The average molecular weight is 364 g/mol. The molecule has 0 N–H and O–H groups in total. The molecule has 0 amide bonds. The Labute approximate surface area is 116 Å². The first-order valence-electron chi connectivity index (χ1n) is 4.60. The van der Waals surface area contributed by atoms with Crippen LogP contribution in [0.4, 0.5) is 5.69 Å². The Hall–Kier alpha value is -1.01. The summed E-state index contributed by atoms with van der Waals surface area (Å²) < 4.78 is 5.97. The second-order valence-electron chi connectivity index (χ2n) is 3.02. The summed E-state index contributed by atoms with van der Waals surface area (Å²) in [6.07, 6.45) is 1.93. The second kappa shape index (κ2) is 6.66. The Morgan fingerprint density at radius 2 is 2.35 bits per heavy atom. The first-order chi connectivity index (χ1) is 8.10. The van der Waals surface area contributed by atoms with Crippen molar-refractivity contribution >= 4 is 40.0 Å². The van der Waals surface area contributed by atoms with E-state index in [1.54, 1.807) is 17.8 Å². The molecule has 5 nitrogen and oxygen atoms in total. The zero-order valence-corrected chi connectivity index (χ0v) is 11.9. The van der Waals surface area contributed by atoms with Crippen molar-refractivity contribution in [1.82, 2.24) is 0 Å². The SMILES string of the molecule is CSCCOc1c(I)cc(C#N)cc1[N+](=O)[O-]. The number of rotatable bonds is 5. The van der Waals surface area contributed by atoms with E-state index in [0.717, 1.165) is 5.75 Å². The van der Waals surface area contributed by atoms with Crippen LogP contribution in [-0.4, -0.2) is 23.5 Å². The molecule has 0 bridgehead atoms. The highest BCUT2D eigenvalue weighted by molar-refractivity contribution is 14.1. The van der Waals surface area contributed by atoms with E-state index in [-0.39, 0.29) is 17.0 Å². The van der Waals surface area contributed by atoms with Gasteiger partial charge in [0, 0.05) is 11.8 Å². The molecule has 0 atom stereocenters. The van der Waals surface area contributed by atoms with Gasteiger partial charge in [-0.2, -0.15) is 17.0 Å². The predicted octanol–water partition coefficient (Wildman–Crippen LogP) is 2.81. The lowest BCUT2D eigenvalue weighted by Gasteiger charge is -2.08. The monoisotopic (exact) mass is 364 g/mol. The Kier molecular flexibility index (Phi) is 5.50. The van der Waals surface area contributed by atoms with E-state index in [1.165, 1.54) is 6.07 Å². The number of nitro benzene ring substituents is 1. The van der Waals surface area contributed by atoms with Gasteiger partial charge in [0.25, 0.3) is 0 Å². The summed E-state index contributed by atoms with van der Waals surface area (Å²) in [7, 11) is 0. The van der Waals surface area contributed by atoms with E-state index in [9.17, 15) is 10.1 Å². The van der Waals surface area contributed by atoms with Crippen molar-refractivity contribution in [1.29, 1.82) is 5.26 Å². The van der Waals surface area contributed by atoms with Gasteiger partial charge < -0.3 is 4.74 Å². The van der Waals surface area contributed by atoms with Crippen LogP contribution >= 0.6 is 34.4 Å². The smallest absolute Gasteiger partial charge is 0.313 e. The summed E-state index contributed by atoms with van der Waals surface area (Å²) in [6, 6.07) is 4.69. The second-order valence-corrected chi connectivity index (χ2v) is 5.16. The molecule has 0 aliphatic heterocycles. The largest absolute Gasteiger partial charge is 0.485 e. The van der Waals surface area contributed by atoms with Crippen LogP contribution < -0.4 is 4.74 Å². The summed E-state index contributed by atoms with van der Waals surface area (Å²) in [5.41, 5.74) is 0.105. The quantitative estimate of drug-likeness (QED) is 0.348. The summed E-state index contributed by atoms with van der Waals surface area (Å²) in [4.78, 5) is 10.4. The molecular formula is C10H9IN2O3S. The van der Waals surface area contributed by atoms with Crippen LogP contribution in [0.1, 0.15) is 5.56 Å². The zero-order chi connectivity index (χ0) is 12.8. The molecule has 90 valence electrons. The zero-order valence-electron chi connectivity index (χ0n) is 8.97. The fraction of sp³-hybridized carbons (Fsp3) is 0.300. The number of nitriles is 1. The van der Waals surface area contributed by atoms with E-state index >= 15 is 0 Å². The number of benzene rings is 1. The minimum Gasteiger partial charge on any atom is -0.485 e. The van der Waals surface area contributed by atoms with Crippen molar-refractivity contribution in [3.63, 3.8) is 0 Å². The highest BCUT2D eigenvalue weighted by Crippen LogP contribution is 2.33. The van der Waals surface area contributed by atoms with E-state index < -0.39 is 4.92 Å². The van der Waals surface area contributed by atoms with Crippen LogP contribution in [0.3, 0.4) is 0 Å². The summed E-state index contributed by atoms with van der Waals surface area (Å²) >= 11 is 3.53. The first-order valence-corrected chi connectivity index (χ1v) is 7.07. The van der Waals surface area contributed by atoms with Gasteiger partial charge in [0.15, 0.2) is 0 Å². The van der Waals surface area contributed by atoms with Gasteiger partial charge in [-0.05, 0) is 34.9 Å². The molecule has 0 spiro atoms. The van der Waals surface area contributed by atoms with Crippen LogP contribution in [0.2, 0.25) is 0 Å². The topological polar surface area (TPSA) is 76.2 Å². The molecule has 0 aliphatic rings. The summed E-state index contributed by atoms with van der Waals surface area (Å²) in [6.45, 7) is 0.407. The molecule has 0 saturated heterocycles. The van der Waals surface area contributed by atoms with Gasteiger partial charge in [0.1, 0.15) is 0 Å². The number of thioether (sulfide) groups is 1. The van der Waals surface area contributed by atoms with Gasteiger partial charge in [0.2, 0.25) is 5.75 Å². The van der Waals surface area contributed by atoms with Gasteiger partial charge in [-0.25, -0.2) is 0 Å². The first kappa shape index (κ1) is 14.1. The Bertz CT molecular complexity index is 473. The third-order valence-electron chi connectivity index (χ3n) is 1.88. The molecule has 0 saturated carbocycles. The number of hydrogen-bond donors (Lipinski definition) is 0. The fourth-order valence-electron chi connectivity index (χ4n) is 1.15. The van der Waals surface area contributed by atoms with E-state index in [0.29, 0.717) is 10.2 Å². The number of ether oxygens (including phenoxy) is 1. The Morgan fingerprint density at radius 3 is 2.88 bits per heavy atom. The number of nitrogens with zero attached hydrogens (tertiary/aromatic N) is 2. The van der Waals surface area contributed by atoms with Gasteiger partial charge in [0.05, 0.1) is 26.7 Å². The summed E-state index contributed by atoms with van der Waals surface area (Å²) in [5, 5.41) is 19.6. The maximum Gasteiger partial charge on any atom is 0.313 e. The minimum atomic E-state index is -0.530. The molecule has 1 aromatic carbocycles. The molecular weight excluding hydrogens is 355 g/mol. The van der Waals surface area contributed by atoms with Crippen molar-refractivity contribution in [2.75, 3.05) is 18.6 Å². The lowest BCUT2D eigenvalue weighted by atomic mass is 10.2. The molecule has 0 fully saturated rings. The molecule has 0 aliphatic carbocycles. The molecule has 0 aromatic heterocycles. The predicted molar refractivity (Wildman–Crippen MR) is 74.4 cm³/mol. The van der Waals surface area contributed by atoms with Crippen LogP contribution in [0, 0.1) is 25.0 Å². The highest BCUT2D eigenvalue weighted by Gasteiger charge is 2.20. The third-order valence-corrected chi connectivity index (χ3v) is 3.26. The lowest BCUT2D eigenvalue weighted by molar-refractivity contribution is -0.386. The van der Waals surface area contributed by atoms with Gasteiger partial charge in [-0.3, -0.25) is 10.1 Å². The number of nitro groups is 1. The molecule has 1 aromatic rings. The van der Waals surface area contributed by atoms with Crippen LogP contribution in [0.5, 0.6) is 5.75 Å². The highest BCUT2D eigenvalue weighted by atomic mass is 127. The maximum absolute atomic E-state index is 10.9. The Balaban J connectivity index is 3.09. The van der Waals surface area contributed by atoms with Gasteiger partial charge in [-0.1, -0.05) is 0 Å². The van der Waals surface area contributed by atoms with E-state index in [4.69, 9.17) is 10.00 Å². The molecule has 0 unspecified atom stereocenters. The molecule has 7 heteroatoms. The van der Waals surface area contributed by atoms with E-state index in [1.807, 2.05) is 34.9 Å². The Morgan fingerprint density at radius 1 is 1.65 bits per heavy atom. The minimum absolute atomic E-state index is 0.158. The molecule has 0 heterocycles. The standard InChI is InChI=1S/C10H9IN2O3S/c1-17-3-2-16-10-8(11)4-7(6-12)5-9(10)13(14)15/h4-5H,2-3H2,1H3. The molecule has 1 rings (SSSR count). The van der Waals surface area contributed by atoms with E-state index in [2.05, 4.69) is 0 Å². The van der Waals surface area contributed by atoms with Crippen LogP contribution in [-0.2, 0) is 0 Å². The third kappa shape index (κ3) is 3.74. The van der Waals surface area contributed by atoms with Crippen molar-refractivity contribution < 1.29 is 9.66 Å². The van der Waals surface area contributed by atoms with Crippen molar-refractivity contribution in [3.05, 3.63) is 31.4 Å². The lowest BCUT2D eigenvalue weighted by Crippen LogP contribution is -2.04. The van der Waals surface area contributed by atoms with Gasteiger partial charge >= 0.3 is 5.69 Å². The average Bonchev–Trinajstić information content (AvgIpc) is 2.30. The van der Waals surface area contributed by atoms with Crippen molar-refractivity contribution in [2.45, 2.75) is 0 Å². The maximum atomic E-state index is 10.9. The summed E-state index contributed by atoms with van der Waals surface area (Å²) in [5.74, 6) is 0.997. The van der Waals surface area contributed by atoms with Crippen LogP contribution in [0.15, 0.2) is 12.1 Å². The van der Waals surface area contributed by atoms with Crippen molar-refractivity contribution in [3.8, 4) is 11.8 Å². The normalized spacial score (nSPS) is 9.71.